The van der Waals surface area contributed by atoms with Crippen molar-refractivity contribution in [1.82, 2.24) is 0 Å². The number of ether oxygens (including phenoxy) is 2. The summed E-state index contributed by atoms with van der Waals surface area (Å²) in [7, 11) is 1.53. The molecule has 1 aliphatic carbocycles. The van der Waals surface area contributed by atoms with Gasteiger partial charge >= 0.3 is 0 Å². The van der Waals surface area contributed by atoms with Crippen LogP contribution in [0.4, 0.5) is 10.7 Å². The number of primary amides is 1. The predicted octanol–water partition coefficient (Wildman–Crippen LogP) is 5.28. The molecule has 0 saturated carbocycles. The number of thiophene rings is 1. The molecule has 2 amide bonds. The Hall–Kier alpha value is -3.65. The van der Waals surface area contributed by atoms with Crippen LogP contribution in [-0.4, -0.2) is 31.7 Å². The number of para-hydroxylation sites is 1. The summed E-state index contributed by atoms with van der Waals surface area (Å²) in [5, 5.41) is 3.74. The van der Waals surface area contributed by atoms with Crippen molar-refractivity contribution in [2.24, 2.45) is 10.7 Å². The Balaban J connectivity index is 1.65. The van der Waals surface area contributed by atoms with Crippen LogP contribution in [0.15, 0.2) is 53.5 Å². The highest BCUT2D eigenvalue weighted by Crippen LogP contribution is 2.39. The van der Waals surface area contributed by atoms with Crippen LogP contribution < -0.4 is 20.5 Å². The number of aliphatic imine (C=N–C) groups is 1. The van der Waals surface area contributed by atoms with Gasteiger partial charge in [0.15, 0.2) is 18.1 Å². The first kappa shape index (κ1) is 24.5. The van der Waals surface area contributed by atoms with Crippen molar-refractivity contribution in [1.29, 1.82) is 0 Å². The second kappa shape index (κ2) is 11.7. The molecule has 0 aliphatic heterocycles. The summed E-state index contributed by atoms with van der Waals surface area (Å²) < 4.78 is 10.8. The molecule has 3 aromatic rings. The molecule has 1 aromatic heterocycles. The summed E-state index contributed by atoms with van der Waals surface area (Å²) in [5.74, 6) is 0.197. The van der Waals surface area contributed by atoms with E-state index in [1.54, 1.807) is 29.7 Å². The lowest BCUT2D eigenvalue weighted by molar-refractivity contribution is -0.119. The van der Waals surface area contributed by atoms with Gasteiger partial charge in [-0.1, -0.05) is 31.0 Å². The highest BCUT2D eigenvalue weighted by atomic mass is 32.1. The summed E-state index contributed by atoms with van der Waals surface area (Å²) in [6, 6.07) is 14.8. The van der Waals surface area contributed by atoms with Gasteiger partial charge in [0.05, 0.1) is 12.7 Å². The standard InChI is InChI=1S/C27H29N3O4S/c1-33-22-15-18(13-14-21(22)34-17-24(28)31)16-29-27-25(26(32)30-19-9-5-4-6-10-19)20-11-7-2-3-8-12-23(20)35-27/h4-6,9-10,13-16H,2-3,7-8,11-12,17H2,1H3,(H2,28,31)(H,30,32). The molecule has 4 rings (SSSR count). The number of nitrogens with zero attached hydrogens (tertiary/aromatic N) is 1. The molecular formula is C27H29N3O4S. The third-order valence-corrected chi connectivity index (χ3v) is 7.00. The SMILES string of the molecule is COc1cc(C=Nc2sc3c(c2C(=O)Nc2ccccc2)CCCCCC3)ccc1OCC(N)=O. The number of benzene rings is 2. The zero-order chi connectivity index (χ0) is 24.6. The Kier molecular flexibility index (Phi) is 8.15. The molecule has 1 aliphatic rings. The fourth-order valence-corrected chi connectivity index (χ4v) is 5.34. The Morgan fingerprint density at radius 3 is 2.57 bits per heavy atom. The molecular weight excluding hydrogens is 462 g/mol. The largest absolute Gasteiger partial charge is 0.493 e. The fraction of sp³-hybridized carbons (Fsp3) is 0.296. The van der Waals surface area contributed by atoms with Crippen LogP contribution in [0.3, 0.4) is 0 Å². The summed E-state index contributed by atoms with van der Waals surface area (Å²) in [5.41, 5.74) is 8.50. The van der Waals surface area contributed by atoms with Crippen LogP contribution in [0.25, 0.3) is 0 Å². The number of nitrogens with one attached hydrogen (secondary N) is 1. The Morgan fingerprint density at radius 1 is 1.06 bits per heavy atom. The number of carbonyl (C=O) groups excluding carboxylic acids is 2. The third kappa shape index (κ3) is 6.27. The number of nitrogens with two attached hydrogens (primary N) is 1. The second-order valence-corrected chi connectivity index (χ2v) is 9.43. The van der Waals surface area contributed by atoms with E-state index in [1.165, 1.54) is 24.8 Å². The number of aryl methyl sites for hydroxylation is 1. The van der Waals surface area contributed by atoms with Crippen LogP contribution in [-0.2, 0) is 17.6 Å². The Bertz CT molecular complexity index is 1220. The highest BCUT2D eigenvalue weighted by molar-refractivity contribution is 7.16. The number of rotatable bonds is 8. The van der Waals surface area contributed by atoms with Gasteiger partial charge in [-0.3, -0.25) is 9.59 Å². The predicted molar refractivity (Wildman–Crippen MR) is 140 cm³/mol. The number of fused-ring (bicyclic) bond motifs is 1. The summed E-state index contributed by atoms with van der Waals surface area (Å²) in [6.45, 7) is -0.232. The molecule has 0 fully saturated rings. The van der Waals surface area contributed by atoms with Gasteiger partial charge in [0.2, 0.25) is 0 Å². The van der Waals surface area contributed by atoms with E-state index in [2.05, 4.69) is 5.32 Å². The van der Waals surface area contributed by atoms with E-state index >= 15 is 0 Å². The number of anilines is 1. The fourth-order valence-electron chi connectivity index (χ4n) is 4.11. The van der Waals surface area contributed by atoms with Gasteiger partial charge in [-0.25, -0.2) is 4.99 Å². The summed E-state index contributed by atoms with van der Waals surface area (Å²) in [6.07, 6.45) is 8.17. The summed E-state index contributed by atoms with van der Waals surface area (Å²) >= 11 is 1.60. The molecule has 0 saturated heterocycles. The molecule has 7 nitrogen and oxygen atoms in total. The maximum Gasteiger partial charge on any atom is 0.259 e. The first-order valence-corrected chi connectivity index (χ1v) is 12.5. The maximum atomic E-state index is 13.4. The number of amides is 2. The van der Waals surface area contributed by atoms with Crippen LogP contribution in [0, 0.1) is 0 Å². The van der Waals surface area contributed by atoms with Crippen molar-refractivity contribution in [3.05, 3.63) is 70.1 Å². The van der Waals surface area contributed by atoms with E-state index in [-0.39, 0.29) is 12.5 Å². The van der Waals surface area contributed by atoms with Gasteiger partial charge in [0.1, 0.15) is 5.00 Å². The van der Waals surface area contributed by atoms with Crippen LogP contribution >= 0.6 is 11.3 Å². The number of carbonyl (C=O) groups is 2. The van der Waals surface area contributed by atoms with E-state index in [0.717, 1.165) is 42.5 Å². The monoisotopic (exact) mass is 491 g/mol. The summed E-state index contributed by atoms with van der Waals surface area (Å²) in [4.78, 5) is 30.4. The van der Waals surface area contributed by atoms with Crippen molar-refractivity contribution < 1.29 is 19.1 Å². The van der Waals surface area contributed by atoms with Crippen LogP contribution in [0.1, 0.15) is 52.0 Å². The van der Waals surface area contributed by atoms with E-state index in [9.17, 15) is 9.59 Å². The number of methoxy groups -OCH3 is 1. The highest BCUT2D eigenvalue weighted by Gasteiger charge is 2.24. The van der Waals surface area contributed by atoms with Crippen LogP contribution in [0.2, 0.25) is 0 Å². The first-order chi connectivity index (χ1) is 17.0. The van der Waals surface area contributed by atoms with E-state index in [0.29, 0.717) is 22.1 Å². The molecule has 8 heteroatoms. The lowest BCUT2D eigenvalue weighted by atomic mass is 9.96. The van der Waals surface area contributed by atoms with Crippen molar-refractivity contribution in [2.75, 3.05) is 19.0 Å². The molecule has 35 heavy (non-hydrogen) atoms. The van der Waals surface area contributed by atoms with Crippen LogP contribution in [0.5, 0.6) is 11.5 Å². The zero-order valence-electron chi connectivity index (χ0n) is 19.7. The molecule has 2 aromatic carbocycles. The molecule has 0 atom stereocenters. The van der Waals surface area contributed by atoms with Crippen molar-refractivity contribution >= 4 is 40.1 Å². The number of hydrogen-bond acceptors (Lipinski definition) is 6. The molecule has 0 spiro atoms. The van der Waals surface area contributed by atoms with Gasteiger partial charge in [0, 0.05) is 16.8 Å². The van der Waals surface area contributed by atoms with E-state index < -0.39 is 5.91 Å². The van der Waals surface area contributed by atoms with Crippen molar-refractivity contribution in [3.8, 4) is 11.5 Å². The Labute approximate surface area is 209 Å². The molecule has 1 heterocycles. The van der Waals surface area contributed by atoms with Gasteiger partial charge in [0.25, 0.3) is 11.8 Å². The molecule has 3 N–H and O–H groups in total. The molecule has 0 bridgehead atoms. The van der Waals surface area contributed by atoms with E-state index in [4.69, 9.17) is 20.2 Å². The average Bonchev–Trinajstić information content (AvgIpc) is 3.18. The van der Waals surface area contributed by atoms with Crippen molar-refractivity contribution in [3.63, 3.8) is 0 Å². The molecule has 0 unspecified atom stereocenters. The lowest BCUT2D eigenvalue weighted by Gasteiger charge is -2.12. The normalized spacial score (nSPS) is 13.5. The third-order valence-electron chi connectivity index (χ3n) is 5.80. The second-order valence-electron chi connectivity index (χ2n) is 8.34. The van der Waals surface area contributed by atoms with Crippen molar-refractivity contribution in [2.45, 2.75) is 38.5 Å². The Morgan fingerprint density at radius 2 is 1.83 bits per heavy atom. The van der Waals surface area contributed by atoms with Gasteiger partial charge in [-0.15, -0.1) is 11.3 Å². The van der Waals surface area contributed by atoms with Gasteiger partial charge in [-0.2, -0.15) is 0 Å². The minimum absolute atomic E-state index is 0.130. The number of hydrogen-bond donors (Lipinski definition) is 2. The quantitative estimate of drug-likeness (QED) is 0.418. The lowest BCUT2D eigenvalue weighted by Crippen LogP contribution is -2.20. The minimum Gasteiger partial charge on any atom is -0.493 e. The zero-order valence-corrected chi connectivity index (χ0v) is 20.5. The smallest absolute Gasteiger partial charge is 0.259 e. The first-order valence-electron chi connectivity index (χ1n) is 11.7. The molecule has 182 valence electrons. The maximum absolute atomic E-state index is 13.4. The van der Waals surface area contributed by atoms with Gasteiger partial charge < -0.3 is 20.5 Å². The van der Waals surface area contributed by atoms with E-state index in [1.807, 2.05) is 36.4 Å². The minimum atomic E-state index is -0.563. The topological polar surface area (TPSA) is 103 Å². The molecule has 0 radical (unpaired) electrons. The van der Waals surface area contributed by atoms with Gasteiger partial charge in [-0.05, 0) is 67.1 Å². The average molecular weight is 492 g/mol.